The van der Waals surface area contributed by atoms with Crippen LogP contribution >= 0.6 is 0 Å². The van der Waals surface area contributed by atoms with E-state index in [9.17, 15) is 8.42 Å². The molecule has 0 aliphatic heterocycles. The molecule has 0 amide bonds. The summed E-state index contributed by atoms with van der Waals surface area (Å²) in [6.07, 6.45) is 4.81. The van der Waals surface area contributed by atoms with Crippen LogP contribution in [0.5, 0.6) is 0 Å². The van der Waals surface area contributed by atoms with Gasteiger partial charge in [0.25, 0.3) is 10.0 Å². The van der Waals surface area contributed by atoms with Gasteiger partial charge in [0.15, 0.2) is 0 Å². The maximum absolute atomic E-state index is 12.4. The highest BCUT2D eigenvalue weighted by molar-refractivity contribution is 7.92. The second kappa shape index (κ2) is 9.34. The fraction of sp³-hybridized carbons (Fsp3) is 0.182. The molecule has 150 valence electrons. The molecule has 0 saturated heterocycles. The van der Waals surface area contributed by atoms with Crippen molar-refractivity contribution in [3.05, 3.63) is 78.6 Å². The summed E-state index contributed by atoms with van der Waals surface area (Å²) >= 11 is 0. The first-order chi connectivity index (χ1) is 14.0. The van der Waals surface area contributed by atoms with Crippen molar-refractivity contribution in [1.82, 2.24) is 4.98 Å². The van der Waals surface area contributed by atoms with E-state index in [2.05, 4.69) is 45.6 Å². The summed E-state index contributed by atoms with van der Waals surface area (Å²) in [6, 6.07) is 17.9. The number of benzene rings is 2. The lowest BCUT2D eigenvalue weighted by Gasteiger charge is -2.20. The zero-order valence-electron chi connectivity index (χ0n) is 16.5. The van der Waals surface area contributed by atoms with Gasteiger partial charge in [0, 0.05) is 31.2 Å². The average molecular weight is 409 g/mol. The number of nitrogens with one attached hydrogen (secondary N) is 1. The molecule has 3 rings (SSSR count). The summed E-state index contributed by atoms with van der Waals surface area (Å²) in [6.45, 7) is 6.20. The third-order valence-corrected chi connectivity index (χ3v) is 5.84. The number of pyridine rings is 1. The van der Waals surface area contributed by atoms with Crippen LogP contribution in [0.2, 0.25) is 0 Å². The molecule has 0 bridgehead atoms. The predicted octanol–water partition coefficient (Wildman–Crippen LogP) is 4.48. The summed E-state index contributed by atoms with van der Waals surface area (Å²) in [5.41, 5.74) is 3.26. The van der Waals surface area contributed by atoms with Crippen molar-refractivity contribution in [3.63, 3.8) is 0 Å². The van der Waals surface area contributed by atoms with Gasteiger partial charge in [-0.3, -0.25) is 14.7 Å². The molecule has 1 heterocycles. The van der Waals surface area contributed by atoms with Crippen LogP contribution in [0.4, 0.5) is 17.1 Å². The molecular formula is C22H24N4O2S. The van der Waals surface area contributed by atoms with Crippen molar-refractivity contribution in [2.24, 2.45) is 4.99 Å². The van der Waals surface area contributed by atoms with Crippen LogP contribution in [0.15, 0.2) is 82.9 Å². The molecule has 1 aromatic heterocycles. The maximum Gasteiger partial charge on any atom is 0.261 e. The van der Waals surface area contributed by atoms with Crippen molar-refractivity contribution in [3.8, 4) is 0 Å². The molecule has 0 radical (unpaired) electrons. The van der Waals surface area contributed by atoms with Gasteiger partial charge < -0.3 is 4.90 Å². The third kappa shape index (κ3) is 5.42. The summed E-state index contributed by atoms with van der Waals surface area (Å²) in [5.74, 6) is 0. The van der Waals surface area contributed by atoms with E-state index in [1.807, 2.05) is 12.1 Å². The van der Waals surface area contributed by atoms with E-state index < -0.39 is 10.0 Å². The van der Waals surface area contributed by atoms with Crippen LogP contribution in [0, 0.1) is 0 Å². The first-order valence-electron chi connectivity index (χ1n) is 9.44. The van der Waals surface area contributed by atoms with Crippen LogP contribution < -0.4 is 9.62 Å². The molecule has 1 N–H and O–H groups in total. The lowest BCUT2D eigenvalue weighted by molar-refractivity contribution is 0.601. The van der Waals surface area contributed by atoms with E-state index >= 15 is 0 Å². The number of rotatable bonds is 8. The maximum atomic E-state index is 12.4. The zero-order valence-corrected chi connectivity index (χ0v) is 17.3. The number of sulfonamides is 1. The Morgan fingerprint density at radius 3 is 2.28 bits per heavy atom. The Morgan fingerprint density at radius 2 is 1.69 bits per heavy atom. The van der Waals surface area contributed by atoms with Gasteiger partial charge in [-0.05, 0) is 67.9 Å². The fourth-order valence-electron chi connectivity index (χ4n) is 2.86. The Bertz CT molecular complexity index is 1040. The Hall–Kier alpha value is -3.19. The molecule has 29 heavy (non-hydrogen) atoms. The minimum Gasteiger partial charge on any atom is -0.372 e. The molecule has 3 aromatic rings. The molecule has 0 unspecified atom stereocenters. The molecule has 0 aliphatic rings. The smallest absolute Gasteiger partial charge is 0.261 e. The first kappa shape index (κ1) is 20.5. The largest absolute Gasteiger partial charge is 0.372 e. The topological polar surface area (TPSA) is 74.7 Å². The Kier molecular flexibility index (Phi) is 6.61. The third-order valence-electron chi connectivity index (χ3n) is 4.45. The minimum atomic E-state index is -3.66. The van der Waals surface area contributed by atoms with Crippen molar-refractivity contribution in [2.75, 3.05) is 22.7 Å². The summed E-state index contributed by atoms with van der Waals surface area (Å²) < 4.78 is 27.4. The van der Waals surface area contributed by atoms with E-state index in [1.54, 1.807) is 36.7 Å². The van der Waals surface area contributed by atoms with E-state index in [-0.39, 0.29) is 4.90 Å². The normalized spacial score (nSPS) is 11.5. The molecule has 2 aromatic carbocycles. The van der Waals surface area contributed by atoms with Gasteiger partial charge in [-0.1, -0.05) is 12.1 Å². The van der Waals surface area contributed by atoms with Crippen LogP contribution in [0.1, 0.15) is 19.4 Å². The molecule has 0 saturated carbocycles. The van der Waals surface area contributed by atoms with Crippen LogP contribution in [0.3, 0.4) is 0 Å². The quantitative estimate of drug-likeness (QED) is 0.558. The van der Waals surface area contributed by atoms with Crippen molar-refractivity contribution >= 4 is 33.3 Å². The number of anilines is 2. The van der Waals surface area contributed by atoms with E-state index in [0.29, 0.717) is 11.4 Å². The molecule has 0 atom stereocenters. The summed E-state index contributed by atoms with van der Waals surface area (Å²) in [4.78, 5) is 10.8. The van der Waals surface area contributed by atoms with E-state index in [1.165, 1.54) is 24.0 Å². The highest BCUT2D eigenvalue weighted by Crippen LogP contribution is 2.20. The van der Waals surface area contributed by atoms with Gasteiger partial charge >= 0.3 is 0 Å². The molecule has 6 nitrogen and oxygen atoms in total. The van der Waals surface area contributed by atoms with Gasteiger partial charge in [0.1, 0.15) is 0 Å². The number of aromatic nitrogens is 1. The first-order valence-corrected chi connectivity index (χ1v) is 10.9. The van der Waals surface area contributed by atoms with Crippen LogP contribution in [0.25, 0.3) is 0 Å². The van der Waals surface area contributed by atoms with Gasteiger partial charge in [-0.15, -0.1) is 0 Å². The number of aliphatic imine (C=N–C) groups is 1. The highest BCUT2D eigenvalue weighted by atomic mass is 32.2. The average Bonchev–Trinajstić information content (AvgIpc) is 2.75. The molecule has 0 fully saturated rings. The lowest BCUT2D eigenvalue weighted by atomic mass is 10.2. The van der Waals surface area contributed by atoms with E-state index in [0.717, 1.165) is 18.7 Å². The van der Waals surface area contributed by atoms with Crippen LogP contribution in [-0.2, 0) is 10.0 Å². The standard InChI is InChI=1S/C22H24N4O2S/c1-3-26(4-2)21-11-7-18(8-12-21)16-24-19-9-13-22(14-10-19)29(27,28)25-20-6-5-15-23-17-20/h5-17,25H,3-4H2,1-2H3. The van der Waals surface area contributed by atoms with Crippen molar-refractivity contribution in [2.45, 2.75) is 18.7 Å². The number of nitrogens with zero attached hydrogens (tertiary/aromatic N) is 3. The number of hydrogen-bond acceptors (Lipinski definition) is 5. The van der Waals surface area contributed by atoms with Gasteiger partial charge in [-0.25, -0.2) is 8.42 Å². The van der Waals surface area contributed by atoms with Gasteiger partial charge in [0.2, 0.25) is 0 Å². The molecular weight excluding hydrogens is 384 g/mol. The molecule has 0 aliphatic carbocycles. The van der Waals surface area contributed by atoms with E-state index in [4.69, 9.17) is 0 Å². The van der Waals surface area contributed by atoms with Gasteiger partial charge in [-0.2, -0.15) is 0 Å². The number of hydrogen-bond donors (Lipinski definition) is 1. The minimum absolute atomic E-state index is 0.170. The van der Waals surface area contributed by atoms with Crippen molar-refractivity contribution in [1.29, 1.82) is 0 Å². The summed E-state index contributed by atoms with van der Waals surface area (Å²) in [7, 11) is -3.66. The van der Waals surface area contributed by atoms with Crippen molar-refractivity contribution < 1.29 is 8.42 Å². The summed E-state index contributed by atoms with van der Waals surface area (Å²) in [5, 5.41) is 0. The second-order valence-electron chi connectivity index (χ2n) is 6.36. The van der Waals surface area contributed by atoms with Gasteiger partial charge in [0.05, 0.1) is 22.5 Å². The Morgan fingerprint density at radius 1 is 1.00 bits per heavy atom. The zero-order chi connectivity index (χ0) is 20.7. The molecule has 0 spiro atoms. The monoisotopic (exact) mass is 408 g/mol. The Balaban J connectivity index is 1.68. The second-order valence-corrected chi connectivity index (χ2v) is 8.05. The fourth-order valence-corrected chi connectivity index (χ4v) is 3.90. The lowest BCUT2D eigenvalue weighted by Crippen LogP contribution is -2.21. The SMILES string of the molecule is CCN(CC)c1ccc(C=Nc2ccc(S(=O)(=O)Nc3cccnc3)cc2)cc1. The highest BCUT2D eigenvalue weighted by Gasteiger charge is 2.13. The van der Waals surface area contributed by atoms with Crippen LogP contribution in [-0.4, -0.2) is 32.7 Å². The molecule has 7 heteroatoms. The Labute approximate surface area is 172 Å². The predicted molar refractivity (Wildman–Crippen MR) is 119 cm³/mol.